The van der Waals surface area contributed by atoms with Crippen molar-refractivity contribution >= 4 is 45.4 Å². The Morgan fingerprint density at radius 3 is 2.50 bits per heavy atom. The van der Waals surface area contributed by atoms with E-state index >= 15 is 0 Å². The minimum absolute atomic E-state index is 0.109. The minimum atomic E-state index is -0.910. The smallest absolute Gasteiger partial charge is 0.407 e. The summed E-state index contributed by atoms with van der Waals surface area (Å²) in [7, 11) is 3.26. The summed E-state index contributed by atoms with van der Waals surface area (Å²) in [6.45, 7) is 1.36. The van der Waals surface area contributed by atoms with E-state index < -0.39 is 6.09 Å². The molecule has 2 N–H and O–H groups in total. The maximum Gasteiger partial charge on any atom is 0.407 e. The van der Waals surface area contributed by atoms with Gasteiger partial charge in [-0.05, 0) is 84.0 Å². The predicted molar refractivity (Wildman–Crippen MR) is 177 cm³/mol. The monoisotopic (exact) mass is 705 g/mol. The first kappa shape index (κ1) is 29.5. The molecule has 1 aliphatic heterocycles. The molecule has 44 heavy (non-hydrogen) atoms. The summed E-state index contributed by atoms with van der Waals surface area (Å²) in [6, 6.07) is 23.1. The highest BCUT2D eigenvalue weighted by Gasteiger charge is 2.29. The number of carboxylic acid groups (broad SMARTS) is 1. The third-order valence-corrected chi connectivity index (χ3v) is 8.53. The molecule has 0 aliphatic carbocycles. The Kier molecular flexibility index (Phi) is 8.73. The molecule has 226 valence electrons. The summed E-state index contributed by atoms with van der Waals surface area (Å²) in [4.78, 5) is 18.1. The molecule has 0 spiro atoms. The van der Waals surface area contributed by atoms with E-state index in [0.717, 1.165) is 49.9 Å². The van der Waals surface area contributed by atoms with Crippen molar-refractivity contribution in [1.82, 2.24) is 19.7 Å². The second-order valence-electron chi connectivity index (χ2n) is 10.5. The predicted octanol–water partition coefficient (Wildman–Crippen LogP) is 7.44. The maximum atomic E-state index is 11.9. The van der Waals surface area contributed by atoms with Gasteiger partial charge in [-0.25, -0.2) is 9.78 Å². The quantitative estimate of drug-likeness (QED) is 0.152. The average Bonchev–Trinajstić information content (AvgIpc) is 3.47. The van der Waals surface area contributed by atoms with Crippen molar-refractivity contribution in [2.75, 3.05) is 32.6 Å². The van der Waals surface area contributed by atoms with E-state index in [9.17, 15) is 9.90 Å². The lowest BCUT2D eigenvalue weighted by Crippen LogP contribution is -2.40. The molecule has 0 radical (unpaired) electrons. The SMILES string of the molecule is COc1ccc(CNc2ncc(I)c3c2c(-c2ccc(Oc4ccccc4)cc2)nn3C2CCCN(C(=O)O)C2)c(OC)c1. The maximum absolute atomic E-state index is 11.9. The number of halogens is 1. The first-order valence-corrected chi connectivity index (χ1v) is 15.4. The highest BCUT2D eigenvalue weighted by atomic mass is 127. The molecule has 1 amide bonds. The zero-order valence-electron chi connectivity index (χ0n) is 24.4. The van der Waals surface area contributed by atoms with E-state index in [-0.39, 0.29) is 6.04 Å². The summed E-state index contributed by atoms with van der Waals surface area (Å²) in [5.74, 6) is 3.57. The fraction of sp³-hybridized carbons (Fsp3) is 0.242. The molecule has 3 aromatic carbocycles. The summed E-state index contributed by atoms with van der Waals surface area (Å²) in [6.07, 6.45) is 2.51. The molecule has 2 aromatic heterocycles. The zero-order chi connectivity index (χ0) is 30.6. The third-order valence-electron chi connectivity index (χ3n) is 7.74. The second kappa shape index (κ2) is 13.0. The Morgan fingerprint density at radius 1 is 1.02 bits per heavy atom. The number of methoxy groups -OCH3 is 2. The number of rotatable bonds is 9. The zero-order valence-corrected chi connectivity index (χ0v) is 26.5. The number of amides is 1. The van der Waals surface area contributed by atoms with Gasteiger partial charge in [0.2, 0.25) is 0 Å². The van der Waals surface area contributed by atoms with Gasteiger partial charge in [-0.15, -0.1) is 0 Å². The number of pyridine rings is 1. The van der Waals surface area contributed by atoms with Crippen LogP contribution in [0.3, 0.4) is 0 Å². The van der Waals surface area contributed by atoms with Gasteiger partial charge < -0.3 is 29.5 Å². The van der Waals surface area contributed by atoms with Crippen molar-refractivity contribution in [3.8, 4) is 34.3 Å². The molecule has 1 unspecified atom stereocenters. The lowest BCUT2D eigenvalue weighted by molar-refractivity contribution is 0.120. The van der Waals surface area contributed by atoms with Crippen LogP contribution in [0.4, 0.5) is 10.6 Å². The summed E-state index contributed by atoms with van der Waals surface area (Å²) < 4.78 is 19.9. The van der Waals surface area contributed by atoms with Crippen LogP contribution in [0.25, 0.3) is 22.2 Å². The van der Waals surface area contributed by atoms with E-state index in [4.69, 9.17) is 24.3 Å². The number of aromatic nitrogens is 3. The molecule has 6 rings (SSSR count). The normalized spacial score (nSPS) is 14.8. The Morgan fingerprint density at radius 2 is 1.77 bits per heavy atom. The Balaban J connectivity index is 1.42. The number of hydrogen-bond donors (Lipinski definition) is 2. The van der Waals surface area contributed by atoms with Crippen molar-refractivity contribution in [3.05, 3.63) is 88.1 Å². The van der Waals surface area contributed by atoms with Crippen molar-refractivity contribution in [3.63, 3.8) is 0 Å². The number of hydrogen-bond acceptors (Lipinski definition) is 7. The number of likely N-dealkylation sites (tertiary alicyclic amines) is 1. The average molecular weight is 706 g/mol. The lowest BCUT2D eigenvalue weighted by Gasteiger charge is -2.31. The highest BCUT2D eigenvalue weighted by molar-refractivity contribution is 14.1. The number of nitrogens with zero attached hydrogens (tertiary/aromatic N) is 4. The molecule has 1 atom stereocenters. The van der Waals surface area contributed by atoms with Gasteiger partial charge >= 0.3 is 6.09 Å². The number of piperidine rings is 1. The van der Waals surface area contributed by atoms with E-state index in [1.165, 1.54) is 4.90 Å². The van der Waals surface area contributed by atoms with Gasteiger partial charge in [-0.1, -0.05) is 18.2 Å². The molecule has 0 bridgehead atoms. The Hall–Kier alpha value is -4.52. The van der Waals surface area contributed by atoms with Gasteiger partial charge in [0.25, 0.3) is 0 Å². The van der Waals surface area contributed by atoms with Gasteiger partial charge in [-0.3, -0.25) is 4.68 Å². The van der Waals surface area contributed by atoms with E-state index in [2.05, 4.69) is 27.9 Å². The number of nitrogens with one attached hydrogen (secondary N) is 1. The van der Waals surface area contributed by atoms with Gasteiger partial charge in [-0.2, -0.15) is 5.10 Å². The van der Waals surface area contributed by atoms with Crippen molar-refractivity contribution < 1.29 is 24.1 Å². The van der Waals surface area contributed by atoms with Crippen LogP contribution in [0.5, 0.6) is 23.0 Å². The largest absolute Gasteiger partial charge is 0.497 e. The number of benzene rings is 3. The number of anilines is 1. The van der Waals surface area contributed by atoms with Crippen molar-refractivity contribution in [1.29, 1.82) is 0 Å². The van der Waals surface area contributed by atoms with Crippen molar-refractivity contribution in [2.45, 2.75) is 25.4 Å². The Labute approximate surface area is 268 Å². The van der Waals surface area contributed by atoms with Crippen LogP contribution in [-0.4, -0.2) is 58.2 Å². The van der Waals surface area contributed by atoms with Crippen LogP contribution in [0.2, 0.25) is 0 Å². The van der Waals surface area contributed by atoms with Gasteiger partial charge in [0.1, 0.15) is 34.5 Å². The first-order valence-electron chi connectivity index (χ1n) is 14.3. The van der Waals surface area contributed by atoms with Crippen LogP contribution < -0.4 is 19.5 Å². The minimum Gasteiger partial charge on any atom is -0.497 e. The molecule has 0 saturated carbocycles. The van der Waals surface area contributed by atoms with Gasteiger partial charge in [0.05, 0.1) is 34.7 Å². The molecular formula is C33H32IN5O5. The summed E-state index contributed by atoms with van der Waals surface area (Å²) >= 11 is 2.29. The molecule has 1 aliphatic rings. The highest BCUT2D eigenvalue weighted by Crippen LogP contribution is 2.39. The molecule has 1 saturated heterocycles. The fourth-order valence-electron chi connectivity index (χ4n) is 5.55. The van der Waals surface area contributed by atoms with Crippen molar-refractivity contribution in [2.24, 2.45) is 0 Å². The summed E-state index contributed by atoms with van der Waals surface area (Å²) in [5, 5.41) is 19.3. The van der Waals surface area contributed by atoms with Crippen LogP contribution in [-0.2, 0) is 6.54 Å². The Bertz CT molecular complexity index is 1780. The molecule has 10 nitrogen and oxygen atoms in total. The molecule has 5 aromatic rings. The number of ether oxygens (including phenoxy) is 3. The summed E-state index contributed by atoms with van der Waals surface area (Å²) in [5.41, 5.74) is 3.52. The molecule has 1 fully saturated rings. The fourth-order valence-corrected chi connectivity index (χ4v) is 6.20. The molecule has 3 heterocycles. The van der Waals surface area contributed by atoms with Crippen LogP contribution >= 0.6 is 22.6 Å². The van der Waals surface area contributed by atoms with E-state index in [1.54, 1.807) is 14.2 Å². The number of carbonyl (C=O) groups is 1. The topological polar surface area (TPSA) is 111 Å². The number of para-hydroxylation sites is 1. The van der Waals surface area contributed by atoms with Gasteiger partial charge in [0.15, 0.2) is 0 Å². The lowest BCUT2D eigenvalue weighted by atomic mass is 10.1. The van der Waals surface area contributed by atoms with Crippen LogP contribution in [0.1, 0.15) is 24.4 Å². The number of fused-ring (bicyclic) bond motifs is 1. The van der Waals surface area contributed by atoms with Crippen LogP contribution in [0, 0.1) is 3.57 Å². The van der Waals surface area contributed by atoms with E-state index in [1.807, 2.05) is 83.7 Å². The third kappa shape index (κ3) is 6.09. The first-order chi connectivity index (χ1) is 21.4. The second-order valence-corrected chi connectivity index (χ2v) is 11.6. The molecular weight excluding hydrogens is 673 g/mol. The standard InChI is InChI=1S/C33H32IN5O5/c1-42-26-15-12-22(28(17-26)43-2)18-35-32-29-30(21-10-13-25(14-11-21)44-24-8-4-3-5-9-24)37-39(31(29)27(34)19-36-32)23-7-6-16-38(20-23)33(40)41/h3-5,8-15,17,19,23H,6-7,16,18,20H2,1-2H3,(H,35,36)(H,40,41). The van der Waals surface area contributed by atoms with Gasteiger partial charge in [0, 0.05) is 43.0 Å². The van der Waals surface area contributed by atoms with Crippen LogP contribution in [0.15, 0.2) is 79.0 Å². The van der Waals surface area contributed by atoms with E-state index in [0.29, 0.717) is 42.7 Å². The molecule has 11 heteroatoms.